The second-order valence-corrected chi connectivity index (χ2v) is 9.70. The van der Waals surface area contributed by atoms with Crippen LogP contribution in [0.4, 0.5) is 10.8 Å². The molecule has 0 saturated carbocycles. The Bertz CT molecular complexity index is 1210. The summed E-state index contributed by atoms with van der Waals surface area (Å²) in [4.78, 5) is 44.0. The van der Waals surface area contributed by atoms with Crippen molar-refractivity contribution in [1.82, 2.24) is 4.98 Å². The van der Waals surface area contributed by atoms with Gasteiger partial charge >= 0.3 is 5.97 Å². The van der Waals surface area contributed by atoms with Crippen LogP contribution in [0.5, 0.6) is 0 Å². The molecule has 1 aromatic heterocycles. The molecule has 0 bridgehead atoms. The van der Waals surface area contributed by atoms with Crippen molar-refractivity contribution in [3.63, 3.8) is 0 Å². The van der Waals surface area contributed by atoms with E-state index in [4.69, 9.17) is 4.74 Å². The molecule has 5 rings (SSSR count). The van der Waals surface area contributed by atoms with Crippen LogP contribution in [0.2, 0.25) is 0 Å². The highest BCUT2D eigenvalue weighted by molar-refractivity contribution is 8.02. The summed E-state index contributed by atoms with van der Waals surface area (Å²) in [5.74, 6) is -1.18. The third kappa shape index (κ3) is 3.47. The maximum Gasteiger partial charge on any atom is 0.344 e. The van der Waals surface area contributed by atoms with Crippen molar-refractivity contribution in [3.05, 3.63) is 60.0 Å². The van der Waals surface area contributed by atoms with Crippen molar-refractivity contribution in [1.29, 1.82) is 0 Å². The molecule has 3 aromatic rings. The number of thioether (sulfide) groups is 1. The van der Waals surface area contributed by atoms with Crippen LogP contribution >= 0.6 is 23.1 Å². The fourth-order valence-electron chi connectivity index (χ4n) is 3.86. The second-order valence-electron chi connectivity index (χ2n) is 7.52. The molecule has 32 heavy (non-hydrogen) atoms. The maximum absolute atomic E-state index is 13.2. The molecule has 9 heteroatoms. The number of ether oxygens (including phenoxy) is 1. The summed E-state index contributed by atoms with van der Waals surface area (Å²) in [6.45, 7) is 1.52. The summed E-state index contributed by atoms with van der Waals surface area (Å²) in [5, 5.41) is 5.00. The van der Waals surface area contributed by atoms with Gasteiger partial charge in [-0.05, 0) is 19.1 Å². The zero-order chi connectivity index (χ0) is 22.3. The monoisotopic (exact) mass is 465 g/mol. The van der Waals surface area contributed by atoms with Gasteiger partial charge in [0.15, 0.2) is 16.1 Å². The first kappa shape index (κ1) is 20.7. The molecule has 7 nitrogen and oxygen atoms in total. The van der Waals surface area contributed by atoms with Crippen LogP contribution in [-0.2, 0) is 19.1 Å². The molecule has 0 aliphatic carbocycles. The topological polar surface area (TPSA) is 88.6 Å². The molecule has 2 aliphatic rings. The number of carbonyl (C=O) groups excluding carboxylic acids is 3. The number of hydrogen-bond acceptors (Lipinski definition) is 7. The minimum Gasteiger partial charge on any atom is -0.450 e. The second kappa shape index (κ2) is 8.07. The summed E-state index contributed by atoms with van der Waals surface area (Å²) in [5.41, 5.74) is 2.42. The van der Waals surface area contributed by atoms with Gasteiger partial charge in [-0.2, -0.15) is 0 Å². The number of nitrogens with one attached hydrogen (secondary N) is 1. The number of hydrogen-bond donors (Lipinski definition) is 1. The minimum atomic E-state index is -1.16. The molecule has 3 heterocycles. The number of anilines is 2. The lowest BCUT2D eigenvalue weighted by Gasteiger charge is -2.29. The van der Waals surface area contributed by atoms with Gasteiger partial charge < -0.3 is 4.74 Å². The molecule has 162 valence electrons. The predicted octanol–water partition coefficient (Wildman–Crippen LogP) is 4.31. The number of fused-ring (bicyclic) bond motifs is 3. The Labute approximate surface area is 192 Å². The van der Waals surface area contributed by atoms with E-state index in [0.717, 1.165) is 16.2 Å². The third-order valence-corrected chi connectivity index (χ3v) is 7.66. The first-order valence-electron chi connectivity index (χ1n) is 10.1. The molecule has 2 amide bonds. The van der Waals surface area contributed by atoms with Gasteiger partial charge in [0.2, 0.25) is 5.91 Å². The van der Waals surface area contributed by atoms with Gasteiger partial charge in [-0.3, -0.25) is 19.8 Å². The van der Waals surface area contributed by atoms with Crippen LogP contribution in [0.15, 0.2) is 64.9 Å². The maximum atomic E-state index is 13.2. The van der Waals surface area contributed by atoms with Crippen molar-refractivity contribution in [2.75, 3.05) is 10.2 Å². The number of carbonyl (C=O) groups is 3. The molecule has 1 saturated heterocycles. The first-order chi connectivity index (χ1) is 15.5. The van der Waals surface area contributed by atoms with Crippen molar-refractivity contribution in [3.8, 4) is 11.3 Å². The Balaban J connectivity index is 1.28. The van der Waals surface area contributed by atoms with E-state index in [0.29, 0.717) is 17.2 Å². The Morgan fingerprint density at radius 2 is 1.91 bits per heavy atom. The molecular weight excluding hydrogens is 446 g/mol. The Hall–Kier alpha value is -3.17. The van der Waals surface area contributed by atoms with Crippen LogP contribution in [0.1, 0.15) is 19.8 Å². The number of rotatable bonds is 5. The lowest BCUT2D eigenvalue weighted by atomic mass is 10.2. The molecule has 2 atom stereocenters. The smallest absolute Gasteiger partial charge is 0.344 e. The molecule has 2 aromatic carbocycles. The molecule has 0 radical (unpaired) electrons. The highest BCUT2D eigenvalue weighted by Gasteiger charge is 2.58. The van der Waals surface area contributed by atoms with Gasteiger partial charge in [0, 0.05) is 28.7 Å². The van der Waals surface area contributed by atoms with E-state index >= 15 is 0 Å². The predicted molar refractivity (Wildman–Crippen MR) is 123 cm³/mol. The number of esters is 1. The zero-order valence-corrected chi connectivity index (χ0v) is 18.7. The van der Waals surface area contributed by atoms with E-state index in [9.17, 15) is 14.4 Å². The van der Waals surface area contributed by atoms with Gasteiger partial charge in [0.1, 0.15) is 0 Å². The number of benzene rings is 2. The number of aromatic nitrogens is 1. The fraction of sp³-hybridized carbons (Fsp3) is 0.217. The SMILES string of the molecule is C[C@@H](OC(=O)[C@@]12CCC(=O)N1c1ccccc1S2)C(=O)Nc1nc(-c2ccccc2)cs1. The highest BCUT2D eigenvalue weighted by atomic mass is 32.2. The summed E-state index contributed by atoms with van der Waals surface area (Å²) < 4.78 is 5.56. The van der Waals surface area contributed by atoms with E-state index in [1.54, 1.807) is 0 Å². The first-order valence-corrected chi connectivity index (χ1v) is 11.8. The third-order valence-electron chi connectivity index (χ3n) is 5.45. The van der Waals surface area contributed by atoms with E-state index in [1.165, 1.54) is 34.9 Å². The lowest BCUT2D eigenvalue weighted by molar-refractivity contribution is -0.155. The Morgan fingerprint density at radius 3 is 2.72 bits per heavy atom. The van der Waals surface area contributed by atoms with Crippen LogP contribution in [0, 0.1) is 0 Å². The average molecular weight is 466 g/mol. The number of para-hydroxylation sites is 1. The van der Waals surface area contributed by atoms with Crippen LogP contribution < -0.4 is 10.2 Å². The zero-order valence-electron chi connectivity index (χ0n) is 17.1. The molecule has 0 spiro atoms. The summed E-state index contributed by atoms with van der Waals surface area (Å²) in [6, 6.07) is 17.0. The summed E-state index contributed by atoms with van der Waals surface area (Å²) in [6.07, 6.45) is -0.438. The largest absolute Gasteiger partial charge is 0.450 e. The molecule has 0 unspecified atom stereocenters. The minimum absolute atomic E-state index is 0.118. The lowest BCUT2D eigenvalue weighted by Crippen LogP contribution is -2.49. The van der Waals surface area contributed by atoms with E-state index in [2.05, 4.69) is 10.3 Å². The van der Waals surface area contributed by atoms with Crippen molar-refractivity contribution < 1.29 is 19.1 Å². The summed E-state index contributed by atoms with van der Waals surface area (Å²) in [7, 11) is 0. The van der Waals surface area contributed by atoms with Crippen LogP contribution in [0.25, 0.3) is 11.3 Å². The fourth-order valence-corrected chi connectivity index (χ4v) is 5.98. The van der Waals surface area contributed by atoms with Gasteiger partial charge in [-0.25, -0.2) is 9.78 Å². The van der Waals surface area contributed by atoms with Gasteiger partial charge in [-0.15, -0.1) is 11.3 Å². The highest BCUT2D eigenvalue weighted by Crippen LogP contribution is 2.56. The van der Waals surface area contributed by atoms with Crippen molar-refractivity contribution in [2.24, 2.45) is 0 Å². The van der Waals surface area contributed by atoms with Gasteiger partial charge in [0.05, 0.1) is 11.4 Å². The summed E-state index contributed by atoms with van der Waals surface area (Å²) >= 11 is 2.61. The Kier molecular flexibility index (Phi) is 5.22. The van der Waals surface area contributed by atoms with E-state index < -0.39 is 22.9 Å². The van der Waals surface area contributed by atoms with E-state index in [-0.39, 0.29) is 12.3 Å². The van der Waals surface area contributed by atoms with Gasteiger partial charge in [-0.1, -0.05) is 54.2 Å². The van der Waals surface area contributed by atoms with Crippen LogP contribution in [0.3, 0.4) is 0 Å². The standard InChI is InChI=1S/C23H19N3O4S2/c1-14(20(28)25-22-24-16(13-31-22)15-7-3-2-4-8-15)30-21(29)23-12-11-19(27)26(23)17-9-5-6-10-18(17)32-23/h2-10,13-14H,11-12H2,1H3,(H,24,25,28)/t14-,23+/m1/s1. The average Bonchev–Trinajstić information content (AvgIpc) is 3.49. The molecular formula is C23H19N3O4S2. The van der Waals surface area contributed by atoms with Crippen molar-refractivity contribution in [2.45, 2.75) is 35.6 Å². The number of amides is 2. The molecule has 2 aliphatic heterocycles. The number of nitrogens with zero attached hydrogens (tertiary/aromatic N) is 2. The normalized spacial score (nSPS) is 19.9. The van der Waals surface area contributed by atoms with Crippen LogP contribution in [-0.4, -0.2) is 33.7 Å². The van der Waals surface area contributed by atoms with Gasteiger partial charge in [0.25, 0.3) is 5.91 Å². The van der Waals surface area contributed by atoms with E-state index in [1.807, 2.05) is 60.0 Å². The Morgan fingerprint density at radius 1 is 1.16 bits per heavy atom. The molecule has 1 N–H and O–H groups in total. The quantitative estimate of drug-likeness (QED) is 0.565. The van der Waals surface area contributed by atoms with Crippen molar-refractivity contribution >= 4 is 51.7 Å². The number of thiazole rings is 1. The molecule has 1 fully saturated rings.